The van der Waals surface area contributed by atoms with Gasteiger partial charge in [0.2, 0.25) is 5.91 Å². The first-order valence-electron chi connectivity index (χ1n) is 9.43. The predicted octanol–water partition coefficient (Wildman–Crippen LogP) is 5.00. The maximum Gasteiger partial charge on any atom is 0.409 e. The molecule has 2 aromatic rings. The third-order valence-corrected chi connectivity index (χ3v) is 4.98. The molecule has 0 aliphatic carbocycles. The SMILES string of the molecule is CCCCOc1cc(C(N2CC(C)(C)C(=O)N2)C(F)(F)F)c2ccccc2c1. The monoisotopic (exact) mass is 394 g/mol. The molecule has 2 aromatic carbocycles. The van der Waals surface area contributed by atoms with Crippen LogP contribution in [0.5, 0.6) is 5.75 Å². The normalized spacial score (nSPS) is 18.3. The van der Waals surface area contributed by atoms with Gasteiger partial charge in [-0.3, -0.25) is 10.2 Å². The molecule has 4 nitrogen and oxygen atoms in total. The minimum Gasteiger partial charge on any atom is -0.494 e. The van der Waals surface area contributed by atoms with Crippen LogP contribution in [0.15, 0.2) is 36.4 Å². The highest BCUT2D eigenvalue weighted by Crippen LogP contribution is 2.44. The first kappa shape index (κ1) is 20.5. The van der Waals surface area contributed by atoms with E-state index in [9.17, 15) is 18.0 Å². The number of alkyl halides is 3. The lowest BCUT2D eigenvalue weighted by atomic mass is 9.93. The van der Waals surface area contributed by atoms with Crippen LogP contribution in [0.25, 0.3) is 10.8 Å². The lowest BCUT2D eigenvalue weighted by Crippen LogP contribution is -2.43. The molecule has 1 aliphatic heterocycles. The van der Waals surface area contributed by atoms with Gasteiger partial charge in [-0.05, 0) is 48.7 Å². The van der Waals surface area contributed by atoms with Gasteiger partial charge >= 0.3 is 6.18 Å². The molecule has 152 valence electrons. The van der Waals surface area contributed by atoms with Crippen LogP contribution < -0.4 is 10.2 Å². The van der Waals surface area contributed by atoms with Crippen molar-refractivity contribution in [2.24, 2.45) is 5.41 Å². The van der Waals surface area contributed by atoms with E-state index in [4.69, 9.17) is 4.74 Å². The zero-order valence-corrected chi connectivity index (χ0v) is 16.3. The van der Waals surface area contributed by atoms with Gasteiger partial charge in [0, 0.05) is 6.54 Å². The van der Waals surface area contributed by atoms with Gasteiger partial charge in [-0.2, -0.15) is 13.2 Å². The van der Waals surface area contributed by atoms with E-state index >= 15 is 0 Å². The number of fused-ring (bicyclic) bond motifs is 1. The summed E-state index contributed by atoms with van der Waals surface area (Å²) in [6, 6.07) is 8.18. The highest BCUT2D eigenvalue weighted by atomic mass is 19.4. The second kappa shape index (κ2) is 7.62. The van der Waals surface area contributed by atoms with E-state index in [1.165, 1.54) is 6.07 Å². The quantitative estimate of drug-likeness (QED) is 0.702. The molecule has 1 atom stereocenters. The van der Waals surface area contributed by atoms with Crippen LogP contribution in [0.2, 0.25) is 0 Å². The number of rotatable bonds is 6. The molecule has 1 amide bonds. The molecule has 0 bridgehead atoms. The van der Waals surface area contributed by atoms with Crippen molar-refractivity contribution in [1.29, 1.82) is 0 Å². The Balaban J connectivity index is 2.10. The smallest absolute Gasteiger partial charge is 0.409 e. The minimum absolute atomic E-state index is 0.0365. The first-order valence-corrected chi connectivity index (χ1v) is 9.43. The van der Waals surface area contributed by atoms with Crippen molar-refractivity contribution < 1.29 is 22.7 Å². The van der Waals surface area contributed by atoms with E-state index in [-0.39, 0.29) is 12.1 Å². The van der Waals surface area contributed by atoms with Crippen LogP contribution in [0.3, 0.4) is 0 Å². The molecule has 7 heteroatoms. The number of unbranched alkanes of at least 4 members (excludes halogenated alkanes) is 1. The van der Waals surface area contributed by atoms with Crippen molar-refractivity contribution in [1.82, 2.24) is 10.4 Å². The van der Waals surface area contributed by atoms with Gasteiger partial charge in [0.25, 0.3) is 0 Å². The molecule has 3 rings (SSSR count). The number of carbonyl (C=O) groups is 1. The second-order valence-corrected chi connectivity index (χ2v) is 7.83. The number of ether oxygens (including phenoxy) is 1. The van der Waals surface area contributed by atoms with Gasteiger partial charge in [0.1, 0.15) is 5.75 Å². The summed E-state index contributed by atoms with van der Waals surface area (Å²) >= 11 is 0. The molecular weight excluding hydrogens is 369 g/mol. The molecule has 1 heterocycles. The predicted molar refractivity (Wildman–Crippen MR) is 102 cm³/mol. The number of hydrogen-bond donors (Lipinski definition) is 1. The van der Waals surface area contributed by atoms with Crippen molar-refractivity contribution >= 4 is 16.7 Å². The molecule has 1 fully saturated rings. The summed E-state index contributed by atoms with van der Waals surface area (Å²) < 4.78 is 48.2. The Kier molecular flexibility index (Phi) is 5.57. The Bertz CT molecular complexity index is 864. The van der Waals surface area contributed by atoms with Crippen LogP contribution in [-0.2, 0) is 4.79 Å². The highest BCUT2D eigenvalue weighted by Gasteiger charge is 2.51. The van der Waals surface area contributed by atoms with E-state index in [1.807, 2.05) is 6.92 Å². The maximum atomic E-state index is 14.2. The lowest BCUT2D eigenvalue weighted by molar-refractivity contribution is -0.191. The minimum atomic E-state index is -4.57. The molecular formula is C21H25F3N2O2. The number of hydrogen-bond acceptors (Lipinski definition) is 3. The van der Waals surface area contributed by atoms with E-state index in [1.54, 1.807) is 44.2 Å². The van der Waals surface area contributed by atoms with Gasteiger partial charge in [0.05, 0.1) is 12.0 Å². The first-order chi connectivity index (χ1) is 13.1. The number of amides is 1. The number of hydrazine groups is 1. The van der Waals surface area contributed by atoms with Gasteiger partial charge in [-0.15, -0.1) is 0 Å². The summed E-state index contributed by atoms with van der Waals surface area (Å²) in [6.45, 7) is 5.70. The van der Waals surface area contributed by atoms with Crippen LogP contribution >= 0.6 is 0 Å². The summed E-state index contributed by atoms with van der Waals surface area (Å²) in [7, 11) is 0. The van der Waals surface area contributed by atoms with Gasteiger partial charge < -0.3 is 4.74 Å². The van der Waals surface area contributed by atoms with Crippen molar-refractivity contribution in [3.05, 3.63) is 42.0 Å². The van der Waals surface area contributed by atoms with Gasteiger partial charge in [-0.1, -0.05) is 37.6 Å². The number of carbonyl (C=O) groups excluding carboxylic acids is 1. The number of nitrogens with one attached hydrogen (secondary N) is 1. The fraction of sp³-hybridized carbons (Fsp3) is 0.476. The molecule has 1 N–H and O–H groups in total. The molecule has 1 unspecified atom stereocenters. The standard InChI is InChI=1S/C21H25F3N2O2/c1-4-5-10-28-15-11-14-8-6-7-9-16(14)17(12-15)18(21(22,23)24)26-13-20(2,3)19(27)25-26/h6-9,11-12,18H,4-5,10,13H2,1-3H3,(H,25,27). The van der Waals surface area contributed by atoms with Crippen LogP contribution in [-0.4, -0.2) is 30.2 Å². The largest absolute Gasteiger partial charge is 0.494 e. The topological polar surface area (TPSA) is 41.6 Å². The fourth-order valence-electron chi connectivity index (χ4n) is 3.45. The third-order valence-electron chi connectivity index (χ3n) is 4.98. The highest BCUT2D eigenvalue weighted by molar-refractivity contribution is 5.88. The third kappa shape index (κ3) is 4.09. The molecule has 1 aliphatic rings. The van der Waals surface area contributed by atoms with Crippen molar-refractivity contribution in [3.8, 4) is 5.75 Å². The average Bonchev–Trinajstić information content (AvgIpc) is 2.86. The van der Waals surface area contributed by atoms with Crippen molar-refractivity contribution in [2.75, 3.05) is 13.2 Å². The lowest BCUT2D eigenvalue weighted by Gasteiger charge is -2.31. The number of benzene rings is 2. The molecule has 0 spiro atoms. The Morgan fingerprint density at radius 3 is 2.57 bits per heavy atom. The van der Waals surface area contributed by atoms with Gasteiger partial charge in [-0.25, -0.2) is 5.01 Å². The summed E-state index contributed by atoms with van der Waals surface area (Å²) in [5, 5.41) is 2.16. The Labute approximate surface area is 162 Å². The summed E-state index contributed by atoms with van der Waals surface area (Å²) in [5.41, 5.74) is 1.60. The molecule has 1 saturated heterocycles. The van der Waals surface area contributed by atoms with Gasteiger partial charge in [0.15, 0.2) is 6.04 Å². The van der Waals surface area contributed by atoms with E-state index in [0.717, 1.165) is 17.9 Å². The number of halogens is 3. The van der Waals surface area contributed by atoms with Crippen LogP contribution in [0.4, 0.5) is 13.2 Å². The summed E-state index contributed by atoms with van der Waals surface area (Å²) in [5.74, 6) is -0.0115. The average molecular weight is 394 g/mol. The van der Waals surface area contributed by atoms with Crippen LogP contribution in [0, 0.1) is 5.41 Å². The molecule has 0 saturated carbocycles. The van der Waals surface area contributed by atoms with E-state index in [0.29, 0.717) is 23.1 Å². The zero-order valence-electron chi connectivity index (χ0n) is 16.3. The van der Waals surface area contributed by atoms with E-state index < -0.39 is 23.5 Å². The summed E-state index contributed by atoms with van der Waals surface area (Å²) in [6.07, 6.45) is -2.82. The Hall–Kier alpha value is -2.28. The maximum absolute atomic E-state index is 14.2. The molecule has 0 radical (unpaired) electrons. The Morgan fingerprint density at radius 2 is 1.96 bits per heavy atom. The zero-order chi connectivity index (χ0) is 20.5. The fourth-order valence-corrected chi connectivity index (χ4v) is 3.45. The van der Waals surface area contributed by atoms with Crippen LogP contribution in [0.1, 0.15) is 45.2 Å². The molecule has 0 aromatic heterocycles. The van der Waals surface area contributed by atoms with Crippen molar-refractivity contribution in [3.63, 3.8) is 0 Å². The second-order valence-electron chi connectivity index (χ2n) is 7.83. The van der Waals surface area contributed by atoms with Crippen molar-refractivity contribution in [2.45, 2.75) is 45.8 Å². The van der Waals surface area contributed by atoms with E-state index in [2.05, 4.69) is 5.43 Å². The molecule has 28 heavy (non-hydrogen) atoms. The number of nitrogens with zero attached hydrogens (tertiary/aromatic N) is 1. The summed E-state index contributed by atoms with van der Waals surface area (Å²) in [4.78, 5) is 12.1. The Morgan fingerprint density at radius 1 is 1.25 bits per heavy atom.